The maximum absolute atomic E-state index is 14.0. The minimum atomic E-state index is -1.48. The summed E-state index contributed by atoms with van der Waals surface area (Å²) >= 11 is 14.4. The summed E-state index contributed by atoms with van der Waals surface area (Å²) < 4.78 is 0. The van der Waals surface area contributed by atoms with Crippen LogP contribution in [0.25, 0.3) is 0 Å². The smallest absolute Gasteiger partial charge is 0.353 e. The van der Waals surface area contributed by atoms with Gasteiger partial charge < -0.3 is 37.2 Å². The summed E-state index contributed by atoms with van der Waals surface area (Å²) in [6, 6.07) is 11.3. The molecule has 2 aromatic carbocycles. The van der Waals surface area contributed by atoms with Crippen molar-refractivity contribution in [3.8, 4) is 0 Å². The average molecular weight is 736 g/mol. The highest BCUT2D eigenvalue weighted by atomic mass is 35.5. The Bertz CT molecular complexity index is 1710. The van der Waals surface area contributed by atoms with Crippen LogP contribution >= 0.6 is 46.7 Å². The first-order chi connectivity index (χ1) is 22.9. The van der Waals surface area contributed by atoms with E-state index in [1.165, 1.54) is 11.8 Å². The molecule has 0 saturated carbocycles. The zero-order valence-electron chi connectivity index (χ0n) is 24.6. The molecule has 6 atom stereocenters. The fraction of sp³-hybridized carbons (Fsp3) is 0.267. The lowest BCUT2D eigenvalue weighted by Crippen LogP contribution is -2.71. The van der Waals surface area contributed by atoms with Crippen LogP contribution in [0.4, 0.5) is 0 Å². The number of carboxylic acid groups (broad SMARTS) is 2. The van der Waals surface area contributed by atoms with Gasteiger partial charge in [0.05, 0.1) is 10.1 Å². The summed E-state index contributed by atoms with van der Waals surface area (Å²) in [5.74, 6) is -5.76. The number of β-lactam (4-membered cyclic amide) rings is 1. The number of fused-ring (bicyclic) bond motifs is 1. The first-order valence-electron chi connectivity index (χ1n) is 14.2. The van der Waals surface area contributed by atoms with Gasteiger partial charge >= 0.3 is 11.9 Å². The van der Waals surface area contributed by atoms with Crippen LogP contribution in [0, 0.1) is 0 Å². The second-order valence-electron chi connectivity index (χ2n) is 10.6. The molecule has 18 heteroatoms. The summed E-state index contributed by atoms with van der Waals surface area (Å²) in [4.78, 5) is 78.8. The number of thioether (sulfide) groups is 2. The number of halogens is 2. The Balaban J connectivity index is 1.40. The quantitative estimate of drug-likeness (QED) is 0.162. The van der Waals surface area contributed by atoms with E-state index in [4.69, 9.17) is 28.9 Å². The zero-order valence-corrected chi connectivity index (χ0v) is 27.7. The van der Waals surface area contributed by atoms with Crippen LogP contribution in [0.1, 0.15) is 23.2 Å². The van der Waals surface area contributed by atoms with Crippen molar-refractivity contribution in [2.75, 3.05) is 11.5 Å². The van der Waals surface area contributed by atoms with Gasteiger partial charge in [-0.05, 0) is 11.1 Å². The number of amides is 4. The van der Waals surface area contributed by atoms with Crippen molar-refractivity contribution in [3.05, 3.63) is 93.2 Å². The van der Waals surface area contributed by atoms with E-state index in [0.29, 0.717) is 11.1 Å². The Hall–Kier alpha value is -4.22. The predicted molar refractivity (Wildman–Crippen MR) is 178 cm³/mol. The molecular weight excluding hydrogens is 707 g/mol. The lowest BCUT2D eigenvalue weighted by Gasteiger charge is -2.49. The number of carbonyl (C=O) groups excluding carboxylic acids is 4. The van der Waals surface area contributed by atoms with E-state index in [-0.39, 0.29) is 33.0 Å². The molecule has 14 nitrogen and oxygen atoms in total. The maximum atomic E-state index is 14.0. The second-order valence-corrected chi connectivity index (χ2v) is 13.8. The van der Waals surface area contributed by atoms with Crippen LogP contribution in [0.3, 0.4) is 0 Å². The molecule has 1 fully saturated rings. The molecule has 0 bridgehead atoms. The largest absolute Gasteiger partial charge is 0.477 e. The van der Waals surface area contributed by atoms with Gasteiger partial charge in [-0.3, -0.25) is 24.1 Å². The summed E-state index contributed by atoms with van der Waals surface area (Å²) in [5, 5.41) is 27.9. The van der Waals surface area contributed by atoms with Gasteiger partial charge in [0.25, 0.3) is 5.91 Å². The summed E-state index contributed by atoms with van der Waals surface area (Å²) in [6.07, 6.45) is 0. The number of rotatable bonds is 11. The molecule has 252 valence electrons. The number of aliphatic carboxylic acids is 2. The minimum Gasteiger partial charge on any atom is -0.477 e. The Morgan fingerprint density at radius 2 is 1.44 bits per heavy atom. The monoisotopic (exact) mass is 734 g/mol. The van der Waals surface area contributed by atoms with Gasteiger partial charge in [-0.1, -0.05) is 83.9 Å². The molecule has 0 unspecified atom stereocenters. The van der Waals surface area contributed by atoms with Gasteiger partial charge in [0.2, 0.25) is 17.7 Å². The number of hydrogen-bond donors (Lipinski definition) is 7. The summed E-state index contributed by atoms with van der Waals surface area (Å²) in [7, 11) is 0. The van der Waals surface area contributed by atoms with Crippen LogP contribution in [0.2, 0.25) is 0 Å². The van der Waals surface area contributed by atoms with Crippen molar-refractivity contribution >= 4 is 82.3 Å². The Kier molecular flexibility index (Phi) is 10.9. The molecule has 0 aliphatic carbocycles. The van der Waals surface area contributed by atoms with Crippen LogP contribution < -0.4 is 27.0 Å². The van der Waals surface area contributed by atoms with Gasteiger partial charge in [0.15, 0.2) is 0 Å². The van der Waals surface area contributed by atoms with E-state index >= 15 is 0 Å². The SMILES string of the molecule is N[C@@H](C(=O)N[C@H](C(=O)N[C@@H](C(=O)N[C@@H]1C(=O)N2C(C(=O)O)=C(Cl)CS[C@H]12)c1ccccc1)[C@@H]1NC(C(=O)O)=C(Cl)CS1)c1ccccc1. The number of carbonyl (C=O) groups is 6. The summed E-state index contributed by atoms with van der Waals surface area (Å²) in [6.45, 7) is 0. The molecule has 1 saturated heterocycles. The number of nitrogens with zero attached hydrogens (tertiary/aromatic N) is 1. The third-order valence-corrected chi connectivity index (χ3v) is 11.0. The highest BCUT2D eigenvalue weighted by Crippen LogP contribution is 2.41. The Morgan fingerprint density at radius 1 is 0.833 bits per heavy atom. The third kappa shape index (κ3) is 7.27. The van der Waals surface area contributed by atoms with E-state index in [1.807, 2.05) is 0 Å². The molecule has 3 heterocycles. The van der Waals surface area contributed by atoms with Crippen molar-refractivity contribution in [2.24, 2.45) is 5.73 Å². The Morgan fingerprint density at radius 3 is 2.04 bits per heavy atom. The van der Waals surface area contributed by atoms with Crippen molar-refractivity contribution in [3.63, 3.8) is 0 Å². The molecular formula is C30H28Cl2N6O8S2. The van der Waals surface area contributed by atoms with Gasteiger partial charge in [-0.2, -0.15) is 0 Å². The molecule has 0 spiro atoms. The van der Waals surface area contributed by atoms with E-state index in [0.717, 1.165) is 16.7 Å². The van der Waals surface area contributed by atoms with E-state index in [1.54, 1.807) is 60.7 Å². The van der Waals surface area contributed by atoms with Gasteiger partial charge in [0, 0.05) is 11.5 Å². The van der Waals surface area contributed by atoms with Crippen LogP contribution in [-0.4, -0.2) is 85.0 Å². The van der Waals surface area contributed by atoms with Gasteiger partial charge in [-0.15, -0.1) is 23.5 Å². The third-order valence-electron chi connectivity index (χ3n) is 7.59. The zero-order chi connectivity index (χ0) is 34.7. The number of nitrogens with one attached hydrogen (secondary N) is 4. The number of carboxylic acids is 2. The molecule has 48 heavy (non-hydrogen) atoms. The highest BCUT2D eigenvalue weighted by Gasteiger charge is 2.54. The fourth-order valence-corrected chi connectivity index (χ4v) is 8.11. The van der Waals surface area contributed by atoms with Crippen molar-refractivity contribution in [1.82, 2.24) is 26.2 Å². The van der Waals surface area contributed by atoms with E-state index in [9.17, 15) is 39.0 Å². The topological polar surface area (TPSA) is 220 Å². The minimum absolute atomic E-state index is 0.00117. The lowest BCUT2D eigenvalue weighted by molar-refractivity contribution is -0.151. The van der Waals surface area contributed by atoms with Crippen molar-refractivity contribution in [2.45, 2.75) is 34.9 Å². The first-order valence-corrected chi connectivity index (χ1v) is 17.1. The lowest BCUT2D eigenvalue weighted by atomic mass is 10.0. The maximum Gasteiger partial charge on any atom is 0.353 e. The fourth-order valence-electron chi connectivity index (χ4n) is 5.18. The number of benzene rings is 2. The van der Waals surface area contributed by atoms with Crippen molar-refractivity contribution in [1.29, 1.82) is 0 Å². The van der Waals surface area contributed by atoms with Crippen LogP contribution in [-0.2, 0) is 28.8 Å². The van der Waals surface area contributed by atoms with Crippen LogP contribution in [0.5, 0.6) is 0 Å². The first kappa shape index (κ1) is 35.1. The molecule has 0 radical (unpaired) electrons. The normalized spacial score (nSPS) is 22.3. The van der Waals surface area contributed by atoms with Gasteiger partial charge in [0.1, 0.15) is 46.3 Å². The second kappa shape index (κ2) is 14.9. The average Bonchev–Trinajstić information content (AvgIpc) is 3.08. The molecule has 2 aromatic rings. The van der Waals surface area contributed by atoms with Crippen molar-refractivity contribution < 1.29 is 39.0 Å². The molecule has 8 N–H and O–H groups in total. The van der Waals surface area contributed by atoms with E-state index in [2.05, 4.69) is 21.3 Å². The number of nitrogens with two attached hydrogens (primary N) is 1. The Labute approximate surface area is 291 Å². The predicted octanol–water partition coefficient (Wildman–Crippen LogP) is 1.16. The van der Waals surface area contributed by atoms with Gasteiger partial charge in [-0.25, -0.2) is 9.59 Å². The summed E-state index contributed by atoms with van der Waals surface area (Å²) in [5.41, 5.74) is 6.25. The highest BCUT2D eigenvalue weighted by molar-refractivity contribution is 8.00. The van der Waals surface area contributed by atoms with E-state index < -0.39 is 70.5 Å². The molecule has 0 aromatic heterocycles. The standard InChI is InChI=1S/C30H28Cl2N6O8S2/c31-15-11-47-26(37-19(15)29(43)44)20(35-23(39)17(33)13-7-3-1-4-8-13)25(41)34-18(14-9-5-2-6-10-14)24(40)36-21-27(42)38-22(30(45)46)16(32)12-48-28(21)38/h1-10,17-18,20-21,26,28,37H,11-12,33H2,(H,34,41)(H,35,39)(H,36,40)(H,43,44)(H,45,46)/t17-,18-,20-,21-,26-,28-/m1/s1. The molecule has 3 aliphatic heterocycles. The molecule has 5 rings (SSSR count). The molecule has 3 aliphatic rings. The molecule has 4 amide bonds. The number of hydrogen-bond acceptors (Lipinski definition) is 10. The van der Waals surface area contributed by atoms with Crippen LogP contribution in [0.15, 0.2) is 82.1 Å².